The zero-order chi connectivity index (χ0) is 35.4. The molecule has 0 atom stereocenters. The highest BCUT2D eigenvalue weighted by Crippen LogP contribution is 2.39. The molecule has 2 aromatic rings. The molecule has 1 aliphatic rings. The number of aliphatic carboxylic acids is 1. The minimum Gasteiger partial charge on any atom is -0.475 e. The van der Waals surface area contributed by atoms with Crippen LogP contribution in [0.5, 0.6) is 0 Å². The highest BCUT2D eigenvalue weighted by atomic mass is 19.4. The summed E-state index contributed by atoms with van der Waals surface area (Å²) in [5, 5.41) is 13.3. The van der Waals surface area contributed by atoms with Crippen molar-refractivity contribution in [1.82, 2.24) is 20.2 Å². The number of carbonyl (C=O) groups is 2. The fraction of sp³-hybridized carbons (Fsp3) is 0.571. The van der Waals surface area contributed by atoms with E-state index in [-0.39, 0.29) is 23.7 Å². The Hall–Kier alpha value is -3.99. The molecule has 0 radical (unpaired) electrons. The number of carboxylic acid groups (broad SMARTS) is 1. The van der Waals surface area contributed by atoms with Crippen LogP contribution in [-0.2, 0) is 22.7 Å². The minimum atomic E-state index is -5.08. The van der Waals surface area contributed by atoms with Crippen molar-refractivity contribution < 1.29 is 54.2 Å². The first-order chi connectivity index (χ1) is 20.8. The molecule has 18 heteroatoms. The third kappa shape index (κ3) is 10.3. The lowest BCUT2D eigenvalue weighted by Gasteiger charge is -2.38. The van der Waals surface area contributed by atoms with Crippen LogP contribution < -0.4 is 15.5 Å². The number of hydrogen-bond donors (Lipinski definition) is 3. The van der Waals surface area contributed by atoms with Crippen molar-refractivity contribution >= 4 is 23.8 Å². The zero-order valence-electron chi connectivity index (χ0n) is 25.7. The van der Waals surface area contributed by atoms with Crippen LogP contribution in [-0.4, -0.2) is 71.4 Å². The molecule has 1 heterocycles. The number of amides is 2. The van der Waals surface area contributed by atoms with Gasteiger partial charge in [0.05, 0.1) is 16.7 Å². The number of urea groups is 1. The molecule has 0 unspecified atom stereocenters. The molecular formula is C28H35F9N6O3. The van der Waals surface area contributed by atoms with Crippen LogP contribution in [0, 0.1) is 6.92 Å². The quantitative estimate of drug-likeness (QED) is 0.289. The van der Waals surface area contributed by atoms with Crippen LogP contribution in [0.25, 0.3) is 0 Å². The summed E-state index contributed by atoms with van der Waals surface area (Å²) in [4.78, 5) is 33.8. The van der Waals surface area contributed by atoms with Gasteiger partial charge < -0.3 is 25.5 Å². The molecule has 1 aromatic heterocycles. The Bertz CT molecular complexity index is 1340. The van der Waals surface area contributed by atoms with E-state index in [2.05, 4.69) is 20.6 Å². The Morgan fingerprint density at radius 1 is 0.826 bits per heavy atom. The summed E-state index contributed by atoms with van der Waals surface area (Å²) in [6, 6.07) is 0.707. The number of aromatic nitrogens is 2. The van der Waals surface area contributed by atoms with Crippen LogP contribution in [0.1, 0.15) is 61.8 Å². The predicted octanol–water partition coefficient (Wildman–Crippen LogP) is 6.82. The predicted molar refractivity (Wildman–Crippen MR) is 150 cm³/mol. The average Bonchev–Trinajstić information content (AvgIpc) is 2.93. The third-order valence-electron chi connectivity index (χ3n) is 7.44. The largest absolute Gasteiger partial charge is 0.490 e. The SMILES string of the molecule is Cc1cnc(NC2CCC(NC(=O)N(C)C(C)(C)c3cc(C(F)(F)F)cc(C(F)(F)F)c3)CC2)nc1N(C)C.O=C(O)C(F)(F)F. The number of carboxylic acids is 1. The van der Waals surface area contributed by atoms with Gasteiger partial charge in [0.1, 0.15) is 5.82 Å². The van der Waals surface area contributed by atoms with Crippen molar-refractivity contribution in [2.75, 3.05) is 31.4 Å². The lowest BCUT2D eigenvalue weighted by molar-refractivity contribution is -0.192. The van der Waals surface area contributed by atoms with E-state index in [4.69, 9.17) is 9.90 Å². The maximum atomic E-state index is 13.4. The van der Waals surface area contributed by atoms with Gasteiger partial charge in [-0.1, -0.05) is 0 Å². The van der Waals surface area contributed by atoms with E-state index in [0.717, 1.165) is 29.1 Å². The Kier molecular flexibility index (Phi) is 11.8. The van der Waals surface area contributed by atoms with Gasteiger partial charge in [0.15, 0.2) is 0 Å². The maximum absolute atomic E-state index is 13.4. The molecule has 2 amide bonds. The fourth-order valence-electron chi connectivity index (χ4n) is 4.55. The Morgan fingerprint density at radius 2 is 1.26 bits per heavy atom. The van der Waals surface area contributed by atoms with Crippen molar-refractivity contribution in [1.29, 1.82) is 0 Å². The standard InChI is InChI=1S/C26H34F6N6O.C2HF3O2/c1-15-14-33-22(36-21(15)37(4)5)34-19-7-9-20(10-8-19)35-23(39)38(6)24(2,3)16-11-17(25(27,28)29)13-18(12-16)26(30,31)32;3-2(4,5)1(6)7/h11-14,19-20H,7-10H2,1-6H3,(H,35,39)(H,33,34,36);(H,6,7). The van der Waals surface area contributed by atoms with Crippen LogP contribution >= 0.6 is 0 Å². The smallest absolute Gasteiger partial charge is 0.475 e. The van der Waals surface area contributed by atoms with Gasteiger partial charge in [0, 0.05) is 45.0 Å². The van der Waals surface area contributed by atoms with Gasteiger partial charge in [-0.3, -0.25) is 0 Å². The first-order valence-electron chi connectivity index (χ1n) is 13.8. The average molecular weight is 675 g/mol. The molecule has 1 fully saturated rings. The molecule has 258 valence electrons. The van der Waals surface area contributed by atoms with Crippen LogP contribution in [0.2, 0.25) is 0 Å². The minimum absolute atomic E-state index is 0.0785. The van der Waals surface area contributed by atoms with Gasteiger partial charge in [-0.05, 0) is 70.2 Å². The molecule has 3 N–H and O–H groups in total. The van der Waals surface area contributed by atoms with Gasteiger partial charge in [-0.15, -0.1) is 0 Å². The van der Waals surface area contributed by atoms with Gasteiger partial charge in [-0.25, -0.2) is 14.6 Å². The van der Waals surface area contributed by atoms with E-state index in [1.807, 2.05) is 25.9 Å². The number of halogens is 9. The highest BCUT2D eigenvalue weighted by Gasteiger charge is 2.40. The summed E-state index contributed by atoms with van der Waals surface area (Å²) >= 11 is 0. The van der Waals surface area contributed by atoms with Gasteiger partial charge in [-0.2, -0.15) is 44.5 Å². The second-order valence-corrected chi connectivity index (χ2v) is 11.5. The summed E-state index contributed by atoms with van der Waals surface area (Å²) in [6.45, 7) is 4.74. The van der Waals surface area contributed by atoms with Crippen LogP contribution in [0.3, 0.4) is 0 Å². The summed E-state index contributed by atoms with van der Waals surface area (Å²) in [5.41, 5.74) is -3.63. The van der Waals surface area contributed by atoms with Crippen molar-refractivity contribution in [3.05, 3.63) is 46.6 Å². The molecule has 0 aliphatic heterocycles. The van der Waals surface area contributed by atoms with Crippen molar-refractivity contribution in [3.63, 3.8) is 0 Å². The van der Waals surface area contributed by atoms with Gasteiger partial charge >= 0.3 is 30.5 Å². The van der Waals surface area contributed by atoms with E-state index in [0.29, 0.717) is 30.9 Å². The summed E-state index contributed by atoms with van der Waals surface area (Å²) < 4.78 is 112. The first-order valence-corrected chi connectivity index (χ1v) is 13.8. The number of anilines is 2. The van der Waals surface area contributed by atoms with E-state index < -0.39 is 47.2 Å². The lowest BCUT2D eigenvalue weighted by atomic mass is 9.89. The molecule has 0 spiro atoms. The molecule has 1 aliphatic carbocycles. The second-order valence-electron chi connectivity index (χ2n) is 11.5. The Labute approximate surface area is 259 Å². The van der Waals surface area contributed by atoms with E-state index in [1.165, 1.54) is 20.9 Å². The topological polar surface area (TPSA) is 111 Å². The Morgan fingerprint density at radius 3 is 1.67 bits per heavy atom. The number of nitrogens with one attached hydrogen (secondary N) is 2. The van der Waals surface area contributed by atoms with Crippen molar-refractivity contribution in [3.8, 4) is 0 Å². The number of hydrogen-bond acceptors (Lipinski definition) is 6. The molecule has 0 saturated heterocycles. The number of aryl methyl sites for hydroxylation is 1. The molecular weight excluding hydrogens is 639 g/mol. The number of rotatable bonds is 6. The van der Waals surface area contributed by atoms with Crippen LogP contribution in [0.15, 0.2) is 24.4 Å². The first kappa shape index (κ1) is 38.2. The number of carbonyl (C=O) groups excluding carboxylic acids is 1. The second kappa shape index (κ2) is 14.2. The van der Waals surface area contributed by atoms with Gasteiger partial charge in [0.25, 0.3) is 0 Å². The summed E-state index contributed by atoms with van der Waals surface area (Å²) in [7, 11) is 5.15. The number of nitrogens with zero attached hydrogens (tertiary/aromatic N) is 4. The molecule has 0 bridgehead atoms. The Balaban J connectivity index is 0.000000942. The molecule has 1 saturated carbocycles. The van der Waals surface area contributed by atoms with E-state index in [9.17, 15) is 44.3 Å². The number of alkyl halides is 9. The highest BCUT2D eigenvalue weighted by molar-refractivity contribution is 5.75. The maximum Gasteiger partial charge on any atom is 0.490 e. The third-order valence-corrected chi connectivity index (χ3v) is 7.44. The number of benzene rings is 1. The summed E-state index contributed by atoms with van der Waals surface area (Å²) in [6.07, 6.45) is -10.6. The molecule has 9 nitrogen and oxygen atoms in total. The molecule has 46 heavy (non-hydrogen) atoms. The molecule has 3 rings (SSSR count). The normalized spacial score (nSPS) is 17.4. The fourth-order valence-corrected chi connectivity index (χ4v) is 4.55. The zero-order valence-corrected chi connectivity index (χ0v) is 25.7. The van der Waals surface area contributed by atoms with E-state index in [1.54, 1.807) is 6.20 Å². The van der Waals surface area contributed by atoms with Crippen molar-refractivity contribution in [2.45, 2.75) is 82.6 Å². The van der Waals surface area contributed by atoms with Crippen molar-refractivity contribution in [2.24, 2.45) is 0 Å². The lowest BCUT2D eigenvalue weighted by Crippen LogP contribution is -2.51. The summed E-state index contributed by atoms with van der Waals surface area (Å²) in [5.74, 6) is -1.44. The van der Waals surface area contributed by atoms with E-state index >= 15 is 0 Å². The molecule has 1 aromatic carbocycles. The van der Waals surface area contributed by atoms with Gasteiger partial charge in [0.2, 0.25) is 5.95 Å². The van der Waals surface area contributed by atoms with Crippen LogP contribution in [0.4, 0.5) is 56.1 Å². The monoisotopic (exact) mass is 674 g/mol.